The van der Waals surface area contributed by atoms with Crippen LogP contribution < -0.4 is 10.6 Å². The van der Waals surface area contributed by atoms with Gasteiger partial charge in [-0.1, -0.05) is 45.4 Å². The quantitative estimate of drug-likeness (QED) is 0.667. The highest BCUT2D eigenvalue weighted by atomic mass is 16.2. The van der Waals surface area contributed by atoms with Crippen LogP contribution in [0.5, 0.6) is 0 Å². The standard InChI is InChI=1S/C23H29N3O2/c1-4-5-14-24-22(27)17-10-12-18(13-11-17)25-21-19-8-6-7-9-20(19)23(28)26(21)15-16(2)3/h6-13,16,21,25H,4-5,14-15H2,1-3H3,(H,24,27). The molecule has 0 fully saturated rings. The summed E-state index contributed by atoms with van der Waals surface area (Å²) < 4.78 is 0. The van der Waals surface area contributed by atoms with Gasteiger partial charge < -0.3 is 15.5 Å². The van der Waals surface area contributed by atoms with Crippen LogP contribution in [0.1, 0.15) is 66.1 Å². The van der Waals surface area contributed by atoms with E-state index in [1.54, 1.807) is 0 Å². The maximum Gasteiger partial charge on any atom is 0.256 e. The summed E-state index contributed by atoms with van der Waals surface area (Å²) >= 11 is 0. The highest BCUT2D eigenvalue weighted by Crippen LogP contribution is 2.34. The lowest BCUT2D eigenvalue weighted by molar-refractivity contribution is 0.0720. The zero-order chi connectivity index (χ0) is 20.1. The predicted molar refractivity (Wildman–Crippen MR) is 112 cm³/mol. The molecular formula is C23H29N3O2. The van der Waals surface area contributed by atoms with E-state index < -0.39 is 0 Å². The maximum atomic E-state index is 12.8. The number of rotatable bonds is 8. The molecule has 2 aromatic rings. The monoisotopic (exact) mass is 379 g/mol. The fourth-order valence-electron chi connectivity index (χ4n) is 3.46. The second-order valence-corrected chi connectivity index (χ2v) is 7.67. The first-order valence-electron chi connectivity index (χ1n) is 10.1. The molecular weight excluding hydrogens is 350 g/mol. The Morgan fingerprint density at radius 2 is 1.82 bits per heavy atom. The number of hydrogen-bond donors (Lipinski definition) is 2. The number of nitrogens with zero attached hydrogens (tertiary/aromatic N) is 1. The number of fused-ring (bicyclic) bond motifs is 1. The third-order valence-corrected chi connectivity index (χ3v) is 4.89. The van der Waals surface area contributed by atoms with Crippen molar-refractivity contribution in [3.05, 3.63) is 65.2 Å². The summed E-state index contributed by atoms with van der Waals surface area (Å²) in [5.74, 6) is 0.383. The van der Waals surface area contributed by atoms with Crippen molar-refractivity contribution in [2.75, 3.05) is 18.4 Å². The predicted octanol–water partition coefficient (Wildman–Crippen LogP) is 4.44. The number of carbonyl (C=O) groups is 2. The molecule has 0 bridgehead atoms. The van der Waals surface area contributed by atoms with Gasteiger partial charge in [0.15, 0.2) is 0 Å². The second-order valence-electron chi connectivity index (χ2n) is 7.67. The molecule has 0 aromatic heterocycles. The summed E-state index contributed by atoms with van der Waals surface area (Å²) in [4.78, 5) is 26.9. The van der Waals surface area contributed by atoms with Crippen LogP contribution in [0.15, 0.2) is 48.5 Å². The number of benzene rings is 2. The Bertz CT molecular complexity index is 830. The zero-order valence-electron chi connectivity index (χ0n) is 16.9. The molecule has 1 heterocycles. The van der Waals surface area contributed by atoms with Crippen LogP contribution >= 0.6 is 0 Å². The number of amides is 2. The summed E-state index contributed by atoms with van der Waals surface area (Å²) in [6, 6.07) is 15.2. The van der Waals surface area contributed by atoms with Gasteiger partial charge >= 0.3 is 0 Å². The summed E-state index contributed by atoms with van der Waals surface area (Å²) in [6.07, 6.45) is 1.83. The zero-order valence-corrected chi connectivity index (χ0v) is 16.9. The lowest BCUT2D eigenvalue weighted by Gasteiger charge is -2.28. The number of hydrogen-bond acceptors (Lipinski definition) is 3. The Morgan fingerprint density at radius 1 is 1.11 bits per heavy atom. The van der Waals surface area contributed by atoms with Crippen LogP contribution in [0.2, 0.25) is 0 Å². The highest BCUT2D eigenvalue weighted by Gasteiger charge is 2.36. The molecule has 0 aliphatic carbocycles. The van der Waals surface area contributed by atoms with E-state index in [0.717, 1.165) is 29.7 Å². The minimum atomic E-state index is -0.199. The molecule has 5 nitrogen and oxygen atoms in total. The van der Waals surface area contributed by atoms with Crippen molar-refractivity contribution >= 4 is 17.5 Å². The molecule has 0 spiro atoms. The average Bonchev–Trinajstić information content (AvgIpc) is 2.94. The fraction of sp³-hybridized carbons (Fsp3) is 0.391. The molecule has 2 aromatic carbocycles. The van der Waals surface area contributed by atoms with Crippen LogP contribution in [0, 0.1) is 5.92 Å². The Labute approximate surface area is 167 Å². The largest absolute Gasteiger partial charge is 0.361 e. The molecule has 1 aliphatic rings. The Morgan fingerprint density at radius 3 is 2.50 bits per heavy atom. The van der Waals surface area contributed by atoms with Crippen LogP contribution in [0.4, 0.5) is 5.69 Å². The fourth-order valence-corrected chi connectivity index (χ4v) is 3.46. The van der Waals surface area contributed by atoms with Gasteiger partial charge in [-0.05, 0) is 42.7 Å². The molecule has 1 aliphatic heterocycles. The van der Waals surface area contributed by atoms with Gasteiger partial charge in [0.1, 0.15) is 6.17 Å². The number of anilines is 1. The molecule has 2 N–H and O–H groups in total. The van der Waals surface area contributed by atoms with Gasteiger partial charge in [-0.3, -0.25) is 9.59 Å². The molecule has 0 saturated heterocycles. The first-order chi connectivity index (χ1) is 13.5. The van der Waals surface area contributed by atoms with E-state index in [1.807, 2.05) is 53.4 Å². The van der Waals surface area contributed by atoms with Crippen LogP contribution in [-0.2, 0) is 0 Å². The number of carbonyl (C=O) groups excluding carboxylic acids is 2. The molecule has 28 heavy (non-hydrogen) atoms. The Hall–Kier alpha value is -2.82. The topological polar surface area (TPSA) is 61.4 Å². The second kappa shape index (κ2) is 8.91. The summed E-state index contributed by atoms with van der Waals surface area (Å²) in [5.41, 5.74) is 3.28. The van der Waals surface area contributed by atoms with Gasteiger partial charge in [0, 0.05) is 35.5 Å². The van der Waals surface area contributed by atoms with Crippen molar-refractivity contribution in [1.82, 2.24) is 10.2 Å². The average molecular weight is 380 g/mol. The first kappa shape index (κ1) is 19.9. The van der Waals surface area contributed by atoms with Gasteiger partial charge in [0.25, 0.3) is 11.8 Å². The third kappa shape index (κ3) is 4.35. The van der Waals surface area contributed by atoms with Gasteiger partial charge in [-0.2, -0.15) is 0 Å². The van der Waals surface area contributed by atoms with Gasteiger partial charge in [0.2, 0.25) is 0 Å². The van der Waals surface area contributed by atoms with E-state index in [4.69, 9.17) is 0 Å². The van der Waals surface area contributed by atoms with E-state index in [2.05, 4.69) is 31.4 Å². The van der Waals surface area contributed by atoms with Crippen molar-refractivity contribution in [3.63, 3.8) is 0 Å². The van der Waals surface area contributed by atoms with E-state index in [-0.39, 0.29) is 18.0 Å². The molecule has 5 heteroatoms. The molecule has 1 atom stereocenters. The minimum absolute atomic E-state index is 0.0529. The van der Waals surface area contributed by atoms with Crippen molar-refractivity contribution in [1.29, 1.82) is 0 Å². The lowest BCUT2D eigenvalue weighted by Crippen LogP contribution is -2.35. The van der Waals surface area contributed by atoms with Crippen LogP contribution in [0.25, 0.3) is 0 Å². The number of unbranched alkanes of at least 4 members (excludes halogenated alkanes) is 1. The molecule has 2 amide bonds. The number of nitrogens with one attached hydrogen (secondary N) is 2. The third-order valence-electron chi connectivity index (χ3n) is 4.89. The van der Waals surface area contributed by atoms with Crippen molar-refractivity contribution < 1.29 is 9.59 Å². The van der Waals surface area contributed by atoms with E-state index >= 15 is 0 Å². The summed E-state index contributed by atoms with van der Waals surface area (Å²) in [7, 11) is 0. The highest BCUT2D eigenvalue weighted by molar-refractivity contribution is 5.99. The maximum absolute atomic E-state index is 12.8. The van der Waals surface area contributed by atoms with Crippen LogP contribution in [0.3, 0.4) is 0 Å². The van der Waals surface area contributed by atoms with Crippen LogP contribution in [-0.4, -0.2) is 29.8 Å². The first-order valence-corrected chi connectivity index (χ1v) is 10.1. The molecule has 1 unspecified atom stereocenters. The summed E-state index contributed by atoms with van der Waals surface area (Å²) in [5, 5.41) is 6.40. The minimum Gasteiger partial charge on any atom is -0.361 e. The van der Waals surface area contributed by atoms with Crippen molar-refractivity contribution in [2.24, 2.45) is 5.92 Å². The molecule has 0 radical (unpaired) electrons. The molecule has 148 valence electrons. The Kier molecular flexibility index (Phi) is 6.34. The molecule has 0 saturated carbocycles. The van der Waals surface area contributed by atoms with Crippen molar-refractivity contribution in [3.8, 4) is 0 Å². The van der Waals surface area contributed by atoms with E-state index in [0.29, 0.717) is 24.6 Å². The normalized spacial score (nSPS) is 15.6. The summed E-state index contributed by atoms with van der Waals surface area (Å²) in [6.45, 7) is 7.70. The van der Waals surface area contributed by atoms with Gasteiger partial charge in [0.05, 0.1) is 0 Å². The Balaban J connectivity index is 1.75. The lowest BCUT2D eigenvalue weighted by atomic mass is 10.1. The van der Waals surface area contributed by atoms with E-state index in [1.165, 1.54) is 0 Å². The smallest absolute Gasteiger partial charge is 0.256 e. The molecule has 3 rings (SSSR count). The van der Waals surface area contributed by atoms with Crippen molar-refractivity contribution in [2.45, 2.75) is 39.8 Å². The van der Waals surface area contributed by atoms with E-state index in [9.17, 15) is 9.59 Å². The SMILES string of the molecule is CCCCNC(=O)c1ccc(NC2c3ccccc3C(=O)N2CC(C)C)cc1. The van der Waals surface area contributed by atoms with Gasteiger partial charge in [-0.25, -0.2) is 0 Å². The van der Waals surface area contributed by atoms with Gasteiger partial charge in [-0.15, -0.1) is 0 Å².